The first-order chi connectivity index (χ1) is 14.8. The third-order valence-corrected chi connectivity index (χ3v) is 4.02. The highest BCUT2D eigenvalue weighted by Gasteiger charge is 2.07. The molecule has 4 aromatic rings. The molecular weight excluding hydrogens is 376 g/mol. The zero-order chi connectivity index (χ0) is 20.4. The number of rotatable bonds is 8. The SMILES string of the molecule is C(=N/Nc1nc(NCc2ccccc2)nc(Nc2ccccc2)n1)/c1cccnc1. The molecule has 0 aliphatic heterocycles. The minimum Gasteiger partial charge on any atom is -0.350 e. The van der Waals surface area contributed by atoms with Crippen LogP contribution >= 0.6 is 0 Å². The molecule has 0 fully saturated rings. The van der Waals surface area contributed by atoms with E-state index in [1.807, 2.05) is 72.8 Å². The number of benzene rings is 2. The molecule has 0 amide bonds. The van der Waals surface area contributed by atoms with Gasteiger partial charge in [-0.05, 0) is 23.8 Å². The van der Waals surface area contributed by atoms with Crippen molar-refractivity contribution in [2.24, 2.45) is 5.10 Å². The largest absolute Gasteiger partial charge is 0.350 e. The topological polar surface area (TPSA) is 100 Å². The van der Waals surface area contributed by atoms with Crippen LogP contribution in [0.1, 0.15) is 11.1 Å². The number of aromatic nitrogens is 4. The lowest BCUT2D eigenvalue weighted by molar-refractivity contribution is 0.999. The van der Waals surface area contributed by atoms with Crippen molar-refractivity contribution in [3.8, 4) is 0 Å². The molecule has 0 saturated heterocycles. The maximum atomic E-state index is 4.46. The number of hydrogen-bond acceptors (Lipinski definition) is 8. The van der Waals surface area contributed by atoms with Gasteiger partial charge in [0.05, 0.1) is 6.21 Å². The van der Waals surface area contributed by atoms with Gasteiger partial charge in [0, 0.05) is 30.2 Å². The molecule has 2 aromatic carbocycles. The van der Waals surface area contributed by atoms with Gasteiger partial charge in [0.25, 0.3) is 0 Å². The van der Waals surface area contributed by atoms with Gasteiger partial charge in [-0.25, -0.2) is 5.43 Å². The van der Waals surface area contributed by atoms with E-state index in [2.05, 4.69) is 41.1 Å². The number of para-hydroxylation sites is 1. The lowest BCUT2D eigenvalue weighted by Gasteiger charge is -2.10. The predicted octanol–water partition coefficient (Wildman–Crippen LogP) is 4.07. The maximum absolute atomic E-state index is 4.46. The van der Waals surface area contributed by atoms with Crippen molar-refractivity contribution >= 4 is 29.7 Å². The first-order valence-corrected chi connectivity index (χ1v) is 9.40. The van der Waals surface area contributed by atoms with Gasteiger partial charge < -0.3 is 10.6 Å². The summed E-state index contributed by atoms with van der Waals surface area (Å²) in [5.41, 5.74) is 5.72. The second kappa shape index (κ2) is 9.74. The van der Waals surface area contributed by atoms with E-state index in [1.165, 1.54) is 0 Å². The Morgan fingerprint density at radius 2 is 1.50 bits per heavy atom. The van der Waals surface area contributed by atoms with Crippen molar-refractivity contribution in [2.75, 3.05) is 16.1 Å². The average Bonchev–Trinajstić information content (AvgIpc) is 2.80. The summed E-state index contributed by atoms with van der Waals surface area (Å²) in [5, 5.41) is 10.6. The Morgan fingerprint density at radius 3 is 2.27 bits per heavy atom. The molecule has 0 aliphatic carbocycles. The fourth-order valence-electron chi connectivity index (χ4n) is 2.61. The van der Waals surface area contributed by atoms with Crippen LogP contribution in [0.3, 0.4) is 0 Å². The molecule has 4 rings (SSSR count). The summed E-state index contributed by atoms with van der Waals surface area (Å²) in [6, 6.07) is 23.5. The van der Waals surface area contributed by atoms with E-state index in [9.17, 15) is 0 Å². The number of pyridine rings is 1. The molecule has 8 nitrogen and oxygen atoms in total. The van der Waals surface area contributed by atoms with E-state index in [4.69, 9.17) is 0 Å². The van der Waals surface area contributed by atoms with Crippen molar-refractivity contribution < 1.29 is 0 Å². The van der Waals surface area contributed by atoms with Crippen LogP contribution in [0.25, 0.3) is 0 Å². The average molecular weight is 396 g/mol. The second-order valence-corrected chi connectivity index (χ2v) is 6.29. The number of nitrogens with zero attached hydrogens (tertiary/aromatic N) is 5. The van der Waals surface area contributed by atoms with Crippen molar-refractivity contribution in [3.05, 3.63) is 96.3 Å². The Kier molecular flexibility index (Phi) is 6.17. The summed E-state index contributed by atoms with van der Waals surface area (Å²) >= 11 is 0. The molecule has 0 atom stereocenters. The van der Waals surface area contributed by atoms with Gasteiger partial charge in [0.1, 0.15) is 0 Å². The molecule has 8 heteroatoms. The van der Waals surface area contributed by atoms with Crippen LogP contribution in [-0.2, 0) is 6.54 Å². The summed E-state index contributed by atoms with van der Waals surface area (Å²) < 4.78 is 0. The first-order valence-electron chi connectivity index (χ1n) is 9.40. The summed E-state index contributed by atoms with van der Waals surface area (Å²) in [7, 11) is 0. The van der Waals surface area contributed by atoms with Crippen LogP contribution in [0.15, 0.2) is 90.3 Å². The van der Waals surface area contributed by atoms with Gasteiger partial charge in [0.2, 0.25) is 17.8 Å². The third kappa shape index (κ3) is 5.59. The molecule has 0 saturated carbocycles. The van der Waals surface area contributed by atoms with Gasteiger partial charge in [0.15, 0.2) is 0 Å². The molecule has 0 unspecified atom stereocenters. The molecule has 30 heavy (non-hydrogen) atoms. The van der Waals surface area contributed by atoms with E-state index < -0.39 is 0 Å². The van der Waals surface area contributed by atoms with Crippen LogP contribution in [0.2, 0.25) is 0 Å². The highest BCUT2D eigenvalue weighted by Crippen LogP contribution is 2.16. The van der Waals surface area contributed by atoms with Crippen LogP contribution in [-0.4, -0.2) is 26.2 Å². The summed E-state index contributed by atoms with van der Waals surface area (Å²) in [6.07, 6.45) is 5.08. The maximum Gasteiger partial charge on any atom is 0.250 e. The van der Waals surface area contributed by atoms with Gasteiger partial charge in [-0.2, -0.15) is 20.1 Å². The Morgan fingerprint density at radius 1 is 0.767 bits per heavy atom. The Labute approximate surface area is 174 Å². The monoisotopic (exact) mass is 396 g/mol. The Bertz CT molecular complexity index is 1090. The van der Waals surface area contributed by atoms with E-state index >= 15 is 0 Å². The predicted molar refractivity (Wildman–Crippen MR) is 119 cm³/mol. The molecule has 0 radical (unpaired) electrons. The third-order valence-electron chi connectivity index (χ3n) is 4.02. The minimum atomic E-state index is 0.319. The van der Waals surface area contributed by atoms with E-state index in [0.717, 1.165) is 16.8 Å². The molecule has 3 N–H and O–H groups in total. The van der Waals surface area contributed by atoms with Crippen LogP contribution in [0, 0.1) is 0 Å². The van der Waals surface area contributed by atoms with Gasteiger partial charge in [-0.15, -0.1) is 0 Å². The number of anilines is 4. The lowest BCUT2D eigenvalue weighted by Crippen LogP contribution is -2.09. The summed E-state index contributed by atoms with van der Waals surface area (Å²) in [6.45, 7) is 0.591. The number of hydrogen-bond donors (Lipinski definition) is 3. The molecular formula is C22H20N8. The number of nitrogens with one attached hydrogen (secondary N) is 3. The van der Waals surface area contributed by atoms with E-state index in [-0.39, 0.29) is 0 Å². The normalized spacial score (nSPS) is 10.7. The van der Waals surface area contributed by atoms with Crippen LogP contribution < -0.4 is 16.1 Å². The van der Waals surface area contributed by atoms with Crippen molar-refractivity contribution in [2.45, 2.75) is 6.54 Å². The van der Waals surface area contributed by atoms with E-state index in [1.54, 1.807) is 18.6 Å². The molecule has 148 valence electrons. The first kappa shape index (κ1) is 19.0. The summed E-state index contributed by atoms with van der Waals surface area (Å²) in [4.78, 5) is 17.3. The summed E-state index contributed by atoms with van der Waals surface area (Å²) in [5.74, 6) is 1.16. The second-order valence-electron chi connectivity index (χ2n) is 6.29. The fourth-order valence-corrected chi connectivity index (χ4v) is 2.61. The van der Waals surface area contributed by atoms with Crippen LogP contribution in [0.5, 0.6) is 0 Å². The smallest absolute Gasteiger partial charge is 0.250 e. The fraction of sp³-hybridized carbons (Fsp3) is 0.0455. The van der Waals surface area contributed by atoms with Crippen molar-refractivity contribution in [1.82, 2.24) is 19.9 Å². The Hall–Kier alpha value is -4.33. The molecule has 2 aromatic heterocycles. The molecule has 2 heterocycles. The standard InChI is InChI=1S/C22H20N8/c1-3-8-17(9-4-1)15-24-20-27-21(26-19-11-5-2-6-12-19)29-22(28-20)30-25-16-18-10-7-13-23-14-18/h1-14,16H,15H2,(H3,24,26,27,28,29,30)/b25-16-. The Balaban J connectivity index is 1.52. The van der Waals surface area contributed by atoms with Gasteiger partial charge in [-0.1, -0.05) is 54.6 Å². The van der Waals surface area contributed by atoms with Crippen molar-refractivity contribution in [1.29, 1.82) is 0 Å². The molecule has 0 spiro atoms. The van der Waals surface area contributed by atoms with E-state index in [0.29, 0.717) is 24.4 Å². The molecule has 0 aliphatic rings. The van der Waals surface area contributed by atoms with Gasteiger partial charge >= 0.3 is 0 Å². The highest BCUT2D eigenvalue weighted by molar-refractivity contribution is 5.79. The van der Waals surface area contributed by atoms with Crippen molar-refractivity contribution in [3.63, 3.8) is 0 Å². The van der Waals surface area contributed by atoms with Crippen LogP contribution in [0.4, 0.5) is 23.5 Å². The van der Waals surface area contributed by atoms with Gasteiger partial charge in [-0.3, -0.25) is 4.98 Å². The minimum absolute atomic E-state index is 0.319. The highest BCUT2D eigenvalue weighted by atomic mass is 15.4. The quantitative estimate of drug-likeness (QED) is 0.305. The molecule has 0 bridgehead atoms. The number of hydrazone groups is 1. The zero-order valence-corrected chi connectivity index (χ0v) is 16.1. The lowest BCUT2D eigenvalue weighted by atomic mass is 10.2. The zero-order valence-electron chi connectivity index (χ0n) is 16.1.